The molecule has 2 rings (SSSR count). The molecule has 0 aromatic carbocycles. The number of halogens is 5. The molecule has 1 aliphatic heterocycles. The van der Waals surface area contributed by atoms with Crippen LogP contribution >= 0.6 is 12.4 Å². The molecule has 2 atom stereocenters. The van der Waals surface area contributed by atoms with Crippen molar-refractivity contribution in [1.29, 1.82) is 0 Å². The molecule has 1 fully saturated rings. The summed E-state index contributed by atoms with van der Waals surface area (Å²) < 4.78 is 54.9. The first kappa shape index (κ1) is 17.9. The number of nitrogens with zero attached hydrogens (tertiary/aromatic N) is 2. The molecule has 1 aromatic heterocycles. The van der Waals surface area contributed by atoms with Gasteiger partial charge in [0, 0.05) is 6.54 Å². The molecule has 1 saturated heterocycles. The lowest BCUT2D eigenvalue weighted by atomic mass is 10.1. The number of nitrogens with one attached hydrogen (secondary N) is 2. The standard InChI is InChI=1S/C11H14F4N4O.ClH/c1-6-7(19-5-11(14,15)20-6)2-17-9-4-16-8(3-18-9)10(12)13;/h3-4,6-7,10,19H,2,5H2,1H3,(H,17,18);1H/t6-,7+;/m0./s1. The van der Waals surface area contributed by atoms with Crippen molar-refractivity contribution in [2.24, 2.45) is 0 Å². The van der Waals surface area contributed by atoms with Gasteiger partial charge in [-0.25, -0.2) is 18.7 Å². The Morgan fingerprint density at radius 1 is 1.43 bits per heavy atom. The third-order valence-corrected chi connectivity index (χ3v) is 2.89. The van der Waals surface area contributed by atoms with Crippen molar-refractivity contribution in [3.05, 3.63) is 18.1 Å². The fourth-order valence-corrected chi connectivity index (χ4v) is 1.81. The molecule has 0 aliphatic carbocycles. The van der Waals surface area contributed by atoms with E-state index >= 15 is 0 Å². The lowest BCUT2D eigenvalue weighted by Gasteiger charge is -2.35. The number of aromatic nitrogens is 2. The van der Waals surface area contributed by atoms with Crippen LogP contribution in [0.15, 0.2) is 12.4 Å². The zero-order valence-corrected chi connectivity index (χ0v) is 11.8. The maximum absolute atomic E-state index is 12.9. The van der Waals surface area contributed by atoms with Crippen molar-refractivity contribution in [2.45, 2.75) is 31.6 Å². The monoisotopic (exact) mass is 330 g/mol. The predicted molar refractivity (Wildman–Crippen MR) is 70.0 cm³/mol. The van der Waals surface area contributed by atoms with Gasteiger partial charge in [-0.1, -0.05) is 0 Å². The van der Waals surface area contributed by atoms with E-state index in [1.54, 1.807) is 0 Å². The smallest absolute Gasteiger partial charge is 0.367 e. The molecule has 0 unspecified atom stereocenters. The minimum atomic E-state index is -3.17. The zero-order valence-electron chi connectivity index (χ0n) is 11.0. The van der Waals surface area contributed by atoms with Gasteiger partial charge in [0.1, 0.15) is 11.5 Å². The summed E-state index contributed by atoms with van der Waals surface area (Å²) in [6.45, 7) is 1.22. The first-order valence-corrected chi connectivity index (χ1v) is 6.00. The molecule has 10 heteroatoms. The summed E-state index contributed by atoms with van der Waals surface area (Å²) in [7, 11) is 0. The fraction of sp³-hybridized carbons (Fsp3) is 0.636. The van der Waals surface area contributed by atoms with E-state index in [1.165, 1.54) is 13.1 Å². The minimum Gasteiger partial charge on any atom is -0.367 e. The Labute approximate surface area is 124 Å². The predicted octanol–water partition coefficient (Wildman–Crippen LogP) is 2.22. The molecule has 0 spiro atoms. The Morgan fingerprint density at radius 3 is 2.67 bits per heavy atom. The Bertz CT molecular complexity index is 448. The minimum absolute atomic E-state index is 0. The molecule has 120 valence electrons. The van der Waals surface area contributed by atoms with Gasteiger partial charge in [0.2, 0.25) is 0 Å². The van der Waals surface area contributed by atoms with E-state index in [-0.39, 0.29) is 25.0 Å². The van der Waals surface area contributed by atoms with Crippen molar-refractivity contribution in [2.75, 3.05) is 18.4 Å². The van der Waals surface area contributed by atoms with Crippen molar-refractivity contribution >= 4 is 18.2 Å². The molecule has 21 heavy (non-hydrogen) atoms. The Morgan fingerprint density at radius 2 is 2.14 bits per heavy atom. The van der Waals surface area contributed by atoms with Gasteiger partial charge in [0.25, 0.3) is 6.43 Å². The number of anilines is 1. The van der Waals surface area contributed by atoms with Crippen molar-refractivity contribution < 1.29 is 22.3 Å². The maximum Gasteiger partial charge on any atom is 0.368 e. The van der Waals surface area contributed by atoms with Crippen molar-refractivity contribution in [1.82, 2.24) is 15.3 Å². The van der Waals surface area contributed by atoms with Crippen LogP contribution in [0.4, 0.5) is 23.4 Å². The van der Waals surface area contributed by atoms with E-state index in [0.29, 0.717) is 5.82 Å². The fourth-order valence-electron chi connectivity index (χ4n) is 1.81. The lowest BCUT2D eigenvalue weighted by Crippen LogP contribution is -2.57. The third-order valence-electron chi connectivity index (χ3n) is 2.89. The van der Waals surface area contributed by atoms with E-state index in [2.05, 4.69) is 25.3 Å². The number of ether oxygens (including phenoxy) is 1. The van der Waals surface area contributed by atoms with Crippen molar-refractivity contribution in [3.8, 4) is 0 Å². The molecule has 0 saturated carbocycles. The lowest BCUT2D eigenvalue weighted by molar-refractivity contribution is -0.278. The van der Waals surface area contributed by atoms with E-state index in [9.17, 15) is 17.6 Å². The number of morpholine rings is 1. The first-order valence-electron chi connectivity index (χ1n) is 6.00. The molecule has 2 heterocycles. The highest BCUT2D eigenvalue weighted by atomic mass is 35.5. The van der Waals surface area contributed by atoms with Gasteiger partial charge < -0.3 is 15.4 Å². The van der Waals surface area contributed by atoms with Gasteiger partial charge in [-0.05, 0) is 6.92 Å². The number of hydrogen-bond acceptors (Lipinski definition) is 5. The summed E-state index contributed by atoms with van der Waals surface area (Å²) in [5, 5.41) is 5.49. The normalized spacial score (nSPS) is 24.5. The molecule has 5 nitrogen and oxygen atoms in total. The van der Waals surface area contributed by atoms with Gasteiger partial charge in [0.05, 0.1) is 31.1 Å². The quantitative estimate of drug-likeness (QED) is 0.829. The second-order valence-corrected chi connectivity index (χ2v) is 4.46. The topological polar surface area (TPSA) is 59.1 Å². The number of hydrogen-bond donors (Lipinski definition) is 2. The summed E-state index contributed by atoms with van der Waals surface area (Å²) in [6.07, 6.45) is -4.40. The number of rotatable bonds is 4. The second kappa shape index (κ2) is 7.19. The second-order valence-electron chi connectivity index (χ2n) is 4.46. The van der Waals surface area contributed by atoms with Crippen LogP contribution in [-0.4, -0.2) is 41.3 Å². The van der Waals surface area contributed by atoms with Gasteiger partial charge in [-0.3, -0.25) is 0 Å². The maximum atomic E-state index is 12.9. The number of alkyl halides is 4. The van der Waals surface area contributed by atoms with Gasteiger partial charge >= 0.3 is 6.11 Å². The SMILES string of the molecule is C[C@@H]1OC(F)(F)CN[C@@H]1CNc1cnc(C(F)F)cn1.Cl. The van der Waals surface area contributed by atoms with Gasteiger partial charge in [0.15, 0.2) is 0 Å². The molecule has 0 bridgehead atoms. The van der Waals surface area contributed by atoms with Gasteiger partial charge in [-0.2, -0.15) is 8.78 Å². The van der Waals surface area contributed by atoms with Crippen LogP contribution < -0.4 is 10.6 Å². The molecular weight excluding hydrogens is 316 g/mol. The average Bonchev–Trinajstić information content (AvgIpc) is 2.37. The molecule has 1 aliphatic rings. The van der Waals surface area contributed by atoms with Crippen LogP contribution in [-0.2, 0) is 4.74 Å². The Balaban J connectivity index is 0.00000220. The summed E-state index contributed by atoms with van der Waals surface area (Å²) in [5.41, 5.74) is -0.414. The Hall–Kier alpha value is -1.19. The summed E-state index contributed by atoms with van der Waals surface area (Å²) in [6, 6.07) is -0.341. The highest BCUT2D eigenvalue weighted by Gasteiger charge is 2.40. The molecular formula is C11H15ClF4N4O. The highest BCUT2D eigenvalue weighted by molar-refractivity contribution is 5.85. The van der Waals surface area contributed by atoms with E-state index in [1.807, 2.05) is 0 Å². The van der Waals surface area contributed by atoms with E-state index in [0.717, 1.165) is 6.20 Å². The zero-order chi connectivity index (χ0) is 14.8. The van der Waals surface area contributed by atoms with Crippen molar-refractivity contribution in [3.63, 3.8) is 0 Å². The van der Waals surface area contributed by atoms with Crippen LogP contribution in [0.3, 0.4) is 0 Å². The molecule has 0 radical (unpaired) electrons. The summed E-state index contributed by atoms with van der Waals surface area (Å²) in [4.78, 5) is 7.31. The average molecular weight is 331 g/mol. The Kier molecular flexibility index (Phi) is 6.11. The van der Waals surface area contributed by atoms with Crippen LogP contribution in [0.5, 0.6) is 0 Å². The molecule has 1 aromatic rings. The molecule has 0 amide bonds. The van der Waals surface area contributed by atoms with E-state index < -0.39 is 30.9 Å². The van der Waals surface area contributed by atoms with Crippen LogP contribution in [0.1, 0.15) is 19.0 Å². The van der Waals surface area contributed by atoms with E-state index in [4.69, 9.17) is 0 Å². The third kappa shape index (κ3) is 4.94. The van der Waals surface area contributed by atoms with Crippen LogP contribution in [0.2, 0.25) is 0 Å². The first-order chi connectivity index (χ1) is 9.37. The largest absolute Gasteiger partial charge is 0.368 e. The highest BCUT2D eigenvalue weighted by Crippen LogP contribution is 2.23. The van der Waals surface area contributed by atoms with Gasteiger partial charge in [-0.15, -0.1) is 12.4 Å². The summed E-state index contributed by atoms with van der Waals surface area (Å²) >= 11 is 0. The van der Waals surface area contributed by atoms with Crippen LogP contribution in [0.25, 0.3) is 0 Å². The summed E-state index contributed by atoms with van der Waals surface area (Å²) in [5.74, 6) is 0.292. The molecule has 2 N–H and O–H groups in total. The van der Waals surface area contributed by atoms with Crippen LogP contribution in [0, 0.1) is 0 Å².